The van der Waals surface area contributed by atoms with Gasteiger partial charge in [0, 0.05) is 12.2 Å². The molecule has 0 aliphatic rings. The number of carbonyl (C=O) groups is 1. The van der Waals surface area contributed by atoms with E-state index in [9.17, 15) is 4.79 Å². The van der Waals surface area contributed by atoms with Crippen LogP contribution >= 0.6 is 0 Å². The van der Waals surface area contributed by atoms with Crippen LogP contribution in [0.15, 0.2) is 12.1 Å². The zero-order valence-electron chi connectivity index (χ0n) is 12.4. The van der Waals surface area contributed by atoms with Gasteiger partial charge in [0.05, 0.1) is 16.5 Å². The number of rotatable bonds is 4. The third-order valence-electron chi connectivity index (χ3n) is 2.63. The van der Waals surface area contributed by atoms with Gasteiger partial charge in [0.1, 0.15) is 12.2 Å². The summed E-state index contributed by atoms with van der Waals surface area (Å²) in [6.07, 6.45) is 0. The van der Waals surface area contributed by atoms with E-state index in [4.69, 9.17) is 20.9 Å². The van der Waals surface area contributed by atoms with Gasteiger partial charge in [0.2, 0.25) is 5.88 Å². The fraction of sp³-hybridized carbons (Fsp3) is 0.429. The monoisotopic (exact) mass is 292 g/mol. The summed E-state index contributed by atoms with van der Waals surface area (Å²) in [7, 11) is 0. The molecule has 0 saturated heterocycles. The van der Waals surface area contributed by atoms with E-state index in [1.807, 2.05) is 0 Å². The van der Waals surface area contributed by atoms with Crippen LogP contribution in [0.3, 0.4) is 0 Å². The number of benzene rings is 1. The molecule has 114 valence electrons. The summed E-state index contributed by atoms with van der Waals surface area (Å²) in [5.74, 6) is -0.157. The van der Waals surface area contributed by atoms with Gasteiger partial charge < -0.3 is 20.9 Å². The number of ether oxygens (including phenoxy) is 2. The van der Waals surface area contributed by atoms with Gasteiger partial charge in [-0.15, -0.1) is 5.10 Å². The lowest BCUT2D eigenvalue weighted by Gasteiger charge is -2.20. The predicted octanol–water partition coefficient (Wildman–Crippen LogP) is 1.44. The highest BCUT2D eigenvalue weighted by atomic mass is 16.6. The average molecular weight is 292 g/mol. The van der Waals surface area contributed by atoms with Crippen molar-refractivity contribution < 1.29 is 14.3 Å². The number of nitrogen functional groups attached to an aromatic ring is 1. The molecule has 7 nitrogen and oxygen atoms in total. The quantitative estimate of drug-likeness (QED) is 0.580. The molecule has 0 spiro atoms. The first kappa shape index (κ1) is 15.1. The van der Waals surface area contributed by atoms with Gasteiger partial charge in [0.15, 0.2) is 0 Å². The number of anilines is 1. The molecule has 0 aliphatic heterocycles. The molecular formula is C14H20N4O3. The standard InChI is InChI=1S/C14H20N4O3/c1-14(2,3)21-13(19)9-6-8(16)7-10-11(9)12(18-17-10)20-5-4-15/h6-7H,4-5,15-16H2,1-3H3,(H,17,18). The summed E-state index contributed by atoms with van der Waals surface area (Å²) in [4.78, 5) is 12.4. The van der Waals surface area contributed by atoms with E-state index in [-0.39, 0.29) is 0 Å². The predicted molar refractivity (Wildman–Crippen MR) is 80.2 cm³/mol. The number of aromatic nitrogens is 2. The number of nitrogens with one attached hydrogen (secondary N) is 1. The van der Waals surface area contributed by atoms with Crippen LogP contribution in [-0.2, 0) is 4.74 Å². The van der Waals surface area contributed by atoms with Crippen molar-refractivity contribution in [2.24, 2.45) is 5.73 Å². The molecule has 1 aromatic heterocycles. The molecule has 1 heterocycles. The van der Waals surface area contributed by atoms with Crippen molar-refractivity contribution in [2.45, 2.75) is 26.4 Å². The highest BCUT2D eigenvalue weighted by molar-refractivity contribution is 6.07. The molecule has 0 atom stereocenters. The van der Waals surface area contributed by atoms with Gasteiger partial charge in [-0.3, -0.25) is 5.10 Å². The number of H-pyrrole nitrogens is 1. The van der Waals surface area contributed by atoms with Gasteiger partial charge in [-0.25, -0.2) is 4.79 Å². The maximum Gasteiger partial charge on any atom is 0.339 e. The fourth-order valence-corrected chi connectivity index (χ4v) is 1.90. The van der Waals surface area contributed by atoms with Crippen molar-refractivity contribution in [3.8, 4) is 5.88 Å². The number of nitrogens with two attached hydrogens (primary N) is 2. The smallest absolute Gasteiger partial charge is 0.339 e. The number of aromatic amines is 1. The highest BCUT2D eigenvalue weighted by Crippen LogP contribution is 2.30. The minimum absolute atomic E-state index is 0.304. The van der Waals surface area contributed by atoms with E-state index in [1.165, 1.54) is 0 Å². The second-order valence-electron chi connectivity index (χ2n) is 5.66. The second-order valence-corrected chi connectivity index (χ2v) is 5.66. The molecule has 0 bridgehead atoms. The Balaban J connectivity index is 2.49. The van der Waals surface area contributed by atoms with Crippen LogP contribution < -0.4 is 16.2 Å². The summed E-state index contributed by atoms with van der Waals surface area (Å²) in [6, 6.07) is 3.24. The number of esters is 1. The third kappa shape index (κ3) is 3.43. The zero-order chi connectivity index (χ0) is 15.6. The molecule has 1 aromatic carbocycles. The van der Waals surface area contributed by atoms with Crippen LogP contribution in [0.2, 0.25) is 0 Å². The minimum Gasteiger partial charge on any atom is -0.475 e. The van der Waals surface area contributed by atoms with E-state index in [0.717, 1.165) is 0 Å². The first-order valence-electron chi connectivity index (χ1n) is 6.65. The largest absolute Gasteiger partial charge is 0.475 e. The molecule has 0 fully saturated rings. The van der Waals surface area contributed by atoms with Gasteiger partial charge in [-0.2, -0.15) is 0 Å². The van der Waals surface area contributed by atoms with Crippen LogP contribution in [0.1, 0.15) is 31.1 Å². The maximum atomic E-state index is 12.4. The minimum atomic E-state index is -0.601. The lowest BCUT2D eigenvalue weighted by atomic mass is 10.1. The van der Waals surface area contributed by atoms with Gasteiger partial charge in [-0.1, -0.05) is 0 Å². The lowest BCUT2D eigenvalue weighted by Crippen LogP contribution is -2.24. The first-order chi connectivity index (χ1) is 9.81. The number of nitrogens with zero attached hydrogens (tertiary/aromatic N) is 1. The first-order valence-corrected chi connectivity index (χ1v) is 6.65. The Morgan fingerprint density at radius 2 is 2.10 bits per heavy atom. The topological polar surface area (TPSA) is 116 Å². The van der Waals surface area contributed by atoms with Crippen LogP contribution in [0, 0.1) is 0 Å². The molecule has 2 rings (SSSR count). The molecule has 7 heteroatoms. The summed E-state index contributed by atoms with van der Waals surface area (Å²) in [6.45, 7) is 6.06. The fourth-order valence-electron chi connectivity index (χ4n) is 1.90. The van der Waals surface area contributed by atoms with Crippen molar-refractivity contribution in [3.63, 3.8) is 0 Å². The van der Waals surface area contributed by atoms with E-state index in [1.54, 1.807) is 32.9 Å². The van der Waals surface area contributed by atoms with Crippen LogP contribution in [-0.4, -0.2) is 34.9 Å². The Labute approximate surface area is 122 Å². The summed E-state index contributed by atoms with van der Waals surface area (Å²) >= 11 is 0. The molecule has 5 N–H and O–H groups in total. The molecule has 0 unspecified atom stereocenters. The van der Waals surface area contributed by atoms with Crippen molar-refractivity contribution in [2.75, 3.05) is 18.9 Å². The average Bonchev–Trinajstić information content (AvgIpc) is 2.76. The Morgan fingerprint density at radius 1 is 1.38 bits per heavy atom. The Bertz CT molecular complexity index is 658. The Kier molecular flexibility index (Phi) is 4.04. The van der Waals surface area contributed by atoms with Crippen LogP contribution in [0.25, 0.3) is 10.9 Å². The van der Waals surface area contributed by atoms with Crippen molar-refractivity contribution in [3.05, 3.63) is 17.7 Å². The normalized spacial score (nSPS) is 11.6. The summed E-state index contributed by atoms with van der Waals surface area (Å²) in [5, 5.41) is 7.39. The van der Waals surface area contributed by atoms with E-state index >= 15 is 0 Å². The highest BCUT2D eigenvalue weighted by Gasteiger charge is 2.23. The van der Waals surface area contributed by atoms with E-state index in [0.29, 0.717) is 41.2 Å². The molecule has 2 aromatic rings. The van der Waals surface area contributed by atoms with Crippen molar-refractivity contribution in [1.29, 1.82) is 0 Å². The molecular weight excluding hydrogens is 272 g/mol. The summed E-state index contributed by atoms with van der Waals surface area (Å²) in [5.41, 5.74) is 12.0. The molecule has 0 aliphatic carbocycles. The molecule has 0 saturated carbocycles. The van der Waals surface area contributed by atoms with Crippen LogP contribution in [0.5, 0.6) is 5.88 Å². The Hall–Kier alpha value is -2.28. The van der Waals surface area contributed by atoms with Gasteiger partial charge >= 0.3 is 5.97 Å². The molecule has 21 heavy (non-hydrogen) atoms. The van der Waals surface area contributed by atoms with Gasteiger partial charge in [0.25, 0.3) is 0 Å². The zero-order valence-corrected chi connectivity index (χ0v) is 12.4. The number of hydrogen-bond acceptors (Lipinski definition) is 6. The molecule has 0 amide bonds. The second kappa shape index (κ2) is 5.61. The van der Waals surface area contributed by atoms with Crippen LogP contribution in [0.4, 0.5) is 5.69 Å². The number of carbonyl (C=O) groups excluding carboxylic acids is 1. The van der Waals surface area contributed by atoms with E-state index < -0.39 is 11.6 Å². The SMILES string of the molecule is CC(C)(C)OC(=O)c1cc(N)cc2[nH]nc(OCCN)c12. The number of hydrogen-bond donors (Lipinski definition) is 3. The third-order valence-corrected chi connectivity index (χ3v) is 2.63. The van der Waals surface area contributed by atoms with Crippen molar-refractivity contribution in [1.82, 2.24) is 10.2 Å². The van der Waals surface area contributed by atoms with Crippen molar-refractivity contribution >= 4 is 22.6 Å². The van der Waals surface area contributed by atoms with E-state index in [2.05, 4.69) is 10.2 Å². The number of fused-ring (bicyclic) bond motifs is 1. The lowest BCUT2D eigenvalue weighted by molar-refractivity contribution is 0.00716. The Morgan fingerprint density at radius 3 is 2.71 bits per heavy atom. The summed E-state index contributed by atoms with van der Waals surface area (Å²) < 4.78 is 10.9. The molecule has 0 radical (unpaired) electrons. The maximum absolute atomic E-state index is 12.4. The van der Waals surface area contributed by atoms with Gasteiger partial charge in [-0.05, 0) is 32.9 Å².